The summed E-state index contributed by atoms with van der Waals surface area (Å²) in [6.45, 7) is 5.84. The summed E-state index contributed by atoms with van der Waals surface area (Å²) >= 11 is 8.00. The fourth-order valence-electron chi connectivity index (χ4n) is 5.15. The van der Waals surface area contributed by atoms with Crippen LogP contribution in [0.25, 0.3) is 15.5 Å². The highest BCUT2D eigenvalue weighted by atomic mass is 35.5. The summed E-state index contributed by atoms with van der Waals surface area (Å²) in [4.78, 5) is 30.3. The normalized spacial score (nSPS) is 21.0. The molecule has 1 aromatic carbocycles. The maximum absolute atomic E-state index is 12.9. The number of hydrogen-bond acceptors (Lipinski definition) is 6. The van der Waals surface area contributed by atoms with E-state index in [0.29, 0.717) is 22.2 Å². The first kappa shape index (κ1) is 24.2. The van der Waals surface area contributed by atoms with Gasteiger partial charge in [-0.15, -0.1) is 10.2 Å². The van der Waals surface area contributed by atoms with E-state index in [4.69, 9.17) is 11.6 Å². The molecule has 0 unspecified atom stereocenters. The fraction of sp³-hybridized carbons (Fsp3) is 0.560. The van der Waals surface area contributed by atoms with E-state index in [1.54, 1.807) is 4.52 Å². The van der Waals surface area contributed by atoms with Gasteiger partial charge in [-0.1, -0.05) is 35.1 Å². The fourth-order valence-corrected chi connectivity index (χ4v) is 6.25. The maximum Gasteiger partial charge on any atom is 0.234 e. The van der Waals surface area contributed by atoms with Crippen molar-refractivity contribution in [2.24, 2.45) is 0 Å². The van der Waals surface area contributed by atoms with Gasteiger partial charge < -0.3 is 9.80 Å². The Morgan fingerprint density at radius 2 is 1.63 bits per heavy atom. The van der Waals surface area contributed by atoms with Gasteiger partial charge in [-0.2, -0.15) is 9.61 Å². The van der Waals surface area contributed by atoms with Crippen LogP contribution in [0.4, 0.5) is 0 Å². The Morgan fingerprint density at radius 3 is 2.26 bits per heavy atom. The van der Waals surface area contributed by atoms with Crippen LogP contribution in [-0.4, -0.2) is 66.6 Å². The highest BCUT2D eigenvalue weighted by molar-refractivity contribution is 7.19. The maximum atomic E-state index is 12.9. The van der Waals surface area contributed by atoms with Gasteiger partial charge in [0.1, 0.15) is 5.01 Å². The third kappa shape index (κ3) is 5.07. The van der Waals surface area contributed by atoms with Crippen LogP contribution in [-0.2, 0) is 22.4 Å². The summed E-state index contributed by atoms with van der Waals surface area (Å²) in [6, 6.07) is 6.26. The van der Waals surface area contributed by atoms with Crippen molar-refractivity contribution in [1.82, 2.24) is 29.6 Å². The van der Waals surface area contributed by atoms with Crippen molar-refractivity contribution in [2.75, 3.05) is 13.1 Å². The molecule has 2 amide bonds. The molecule has 2 atom stereocenters. The van der Waals surface area contributed by atoms with Gasteiger partial charge in [0.15, 0.2) is 5.82 Å². The van der Waals surface area contributed by atoms with Crippen molar-refractivity contribution in [1.29, 1.82) is 0 Å². The molecule has 2 saturated heterocycles. The second-order valence-corrected chi connectivity index (χ2v) is 11.1. The minimum absolute atomic E-state index is 0.0705. The zero-order valence-corrected chi connectivity index (χ0v) is 21.8. The first-order valence-corrected chi connectivity index (χ1v) is 13.7. The monoisotopic (exact) mass is 514 g/mol. The molecule has 2 aromatic heterocycles. The predicted octanol–water partition coefficient (Wildman–Crippen LogP) is 4.39. The number of aromatic nitrogens is 4. The summed E-state index contributed by atoms with van der Waals surface area (Å²) in [5, 5.41) is 14.4. The van der Waals surface area contributed by atoms with Crippen molar-refractivity contribution >= 4 is 39.7 Å². The van der Waals surface area contributed by atoms with Crippen LogP contribution in [0, 0.1) is 0 Å². The van der Waals surface area contributed by atoms with E-state index in [2.05, 4.69) is 29.1 Å². The number of likely N-dealkylation sites (tertiary alicyclic amines) is 2. The Balaban J connectivity index is 1.30. The molecule has 0 N–H and O–H groups in total. The number of carbonyl (C=O) groups excluding carboxylic acids is 2. The zero-order chi connectivity index (χ0) is 24.5. The van der Waals surface area contributed by atoms with E-state index in [9.17, 15) is 9.59 Å². The highest BCUT2D eigenvalue weighted by Gasteiger charge is 2.26. The average molecular weight is 515 g/mol. The van der Waals surface area contributed by atoms with Crippen molar-refractivity contribution in [3.63, 3.8) is 0 Å². The van der Waals surface area contributed by atoms with Gasteiger partial charge in [-0.25, -0.2) is 0 Å². The molecule has 186 valence electrons. The third-order valence-corrected chi connectivity index (χ3v) is 8.55. The van der Waals surface area contributed by atoms with E-state index in [1.165, 1.54) is 24.2 Å². The smallest absolute Gasteiger partial charge is 0.234 e. The van der Waals surface area contributed by atoms with Crippen LogP contribution in [0.15, 0.2) is 18.2 Å². The molecule has 0 aliphatic carbocycles. The topological polar surface area (TPSA) is 83.7 Å². The molecule has 10 heteroatoms. The number of benzene rings is 1. The largest absolute Gasteiger partial charge is 0.340 e. The highest BCUT2D eigenvalue weighted by Crippen LogP contribution is 2.30. The Labute approximate surface area is 214 Å². The molecule has 35 heavy (non-hydrogen) atoms. The quantitative estimate of drug-likeness (QED) is 0.504. The first-order chi connectivity index (χ1) is 16.9. The Bertz CT molecular complexity index is 1240. The molecular formula is C25H31ClN6O2S. The number of hydrogen-bond donors (Lipinski definition) is 0. The number of amides is 2. The van der Waals surface area contributed by atoms with Gasteiger partial charge in [0.05, 0.1) is 12.8 Å². The number of nitrogens with zero attached hydrogens (tertiary/aromatic N) is 6. The lowest BCUT2D eigenvalue weighted by atomic mass is 10.0. The first-order valence-electron chi connectivity index (χ1n) is 12.5. The Morgan fingerprint density at radius 1 is 0.971 bits per heavy atom. The lowest BCUT2D eigenvalue weighted by Crippen LogP contribution is -2.43. The summed E-state index contributed by atoms with van der Waals surface area (Å²) in [7, 11) is 0. The van der Waals surface area contributed by atoms with E-state index in [1.807, 2.05) is 28.0 Å². The average Bonchev–Trinajstić information content (AvgIpc) is 3.43. The zero-order valence-electron chi connectivity index (χ0n) is 20.2. The minimum atomic E-state index is 0.0705. The number of carbonyl (C=O) groups is 2. The van der Waals surface area contributed by atoms with Gasteiger partial charge in [-0.05, 0) is 64.0 Å². The van der Waals surface area contributed by atoms with E-state index < -0.39 is 0 Å². The van der Waals surface area contributed by atoms with Crippen LogP contribution in [0.1, 0.15) is 63.8 Å². The second-order valence-electron chi connectivity index (χ2n) is 9.74. The van der Waals surface area contributed by atoms with Gasteiger partial charge >= 0.3 is 0 Å². The van der Waals surface area contributed by atoms with Gasteiger partial charge in [-0.3, -0.25) is 9.59 Å². The molecule has 0 saturated carbocycles. The predicted molar refractivity (Wildman–Crippen MR) is 137 cm³/mol. The molecule has 2 fully saturated rings. The van der Waals surface area contributed by atoms with Gasteiger partial charge in [0, 0.05) is 35.8 Å². The van der Waals surface area contributed by atoms with Crippen molar-refractivity contribution in [3.8, 4) is 10.6 Å². The molecule has 2 aliphatic rings. The molecule has 0 radical (unpaired) electrons. The van der Waals surface area contributed by atoms with Crippen LogP contribution in [0.3, 0.4) is 0 Å². The van der Waals surface area contributed by atoms with Crippen LogP contribution in [0.5, 0.6) is 0 Å². The second kappa shape index (κ2) is 10.2. The SMILES string of the molecule is C[C@@H]1CCCCN1C(=O)Cc1ccc(-c2nn3c(CC(=O)N4CCCC[C@@H]4C)nnc3s2)cc1Cl. The summed E-state index contributed by atoms with van der Waals surface area (Å²) < 4.78 is 1.66. The van der Waals surface area contributed by atoms with E-state index in [-0.39, 0.29) is 30.3 Å². The molecule has 8 nitrogen and oxygen atoms in total. The molecule has 2 aliphatic heterocycles. The number of fused-ring (bicyclic) bond motifs is 1. The van der Waals surface area contributed by atoms with Crippen molar-refractivity contribution < 1.29 is 9.59 Å². The molecule has 5 rings (SSSR count). The van der Waals surface area contributed by atoms with E-state index in [0.717, 1.165) is 54.9 Å². The minimum Gasteiger partial charge on any atom is -0.340 e. The van der Waals surface area contributed by atoms with Gasteiger partial charge in [0.25, 0.3) is 0 Å². The molecule has 4 heterocycles. The standard InChI is InChI=1S/C25H31ClN6O2S/c1-16-7-3-5-11-30(16)22(33)14-18-9-10-19(13-20(18)26)24-29-32-21(27-28-25(32)35-24)15-23(34)31-12-6-4-8-17(31)2/h9-10,13,16-17H,3-8,11-12,14-15H2,1-2H3/t16-,17+/m1/s1. The van der Waals surface area contributed by atoms with Crippen molar-refractivity contribution in [2.45, 2.75) is 77.3 Å². The third-order valence-electron chi connectivity index (χ3n) is 7.25. The molecule has 3 aromatic rings. The van der Waals surface area contributed by atoms with Crippen LogP contribution < -0.4 is 0 Å². The summed E-state index contributed by atoms with van der Waals surface area (Å²) in [5.41, 5.74) is 1.68. The Hall–Kier alpha value is -2.52. The molecule has 0 bridgehead atoms. The lowest BCUT2D eigenvalue weighted by molar-refractivity contribution is -0.134. The van der Waals surface area contributed by atoms with Crippen LogP contribution in [0.2, 0.25) is 5.02 Å². The molecular weight excluding hydrogens is 484 g/mol. The van der Waals surface area contributed by atoms with E-state index >= 15 is 0 Å². The summed E-state index contributed by atoms with van der Waals surface area (Å²) in [5.74, 6) is 0.748. The summed E-state index contributed by atoms with van der Waals surface area (Å²) in [6.07, 6.45) is 7.05. The Kier molecular flexibility index (Phi) is 7.07. The number of halogens is 1. The number of rotatable bonds is 5. The number of piperidine rings is 2. The van der Waals surface area contributed by atoms with Gasteiger partial charge in [0.2, 0.25) is 16.8 Å². The lowest BCUT2D eigenvalue weighted by Gasteiger charge is -2.33. The molecule has 0 spiro atoms. The van der Waals surface area contributed by atoms with Crippen molar-refractivity contribution in [3.05, 3.63) is 34.6 Å². The van der Waals surface area contributed by atoms with Crippen LogP contribution >= 0.6 is 22.9 Å².